The number of imidazole rings is 1. The molecule has 0 spiro atoms. The molecule has 29 heavy (non-hydrogen) atoms. The number of aryl methyl sites for hydroxylation is 2. The summed E-state index contributed by atoms with van der Waals surface area (Å²) in [5.41, 5.74) is 4.40. The van der Waals surface area contributed by atoms with Gasteiger partial charge in [-0.1, -0.05) is 31.2 Å². The van der Waals surface area contributed by atoms with Crippen LogP contribution < -0.4 is 5.32 Å². The maximum atomic E-state index is 12.8. The molecule has 2 heterocycles. The van der Waals surface area contributed by atoms with Crippen molar-refractivity contribution in [3.05, 3.63) is 59.9 Å². The minimum atomic E-state index is 0.0223. The van der Waals surface area contributed by atoms with Gasteiger partial charge in [-0.2, -0.15) is 0 Å². The molecule has 5 nitrogen and oxygen atoms in total. The molecule has 1 aliphatic heterocycles. The maximum Gasteiger partial charge on any atom is 0.228 e. The number of fused-ring (bicyclic) bond motifs is 1. The van der Waals surface area contributed by atoms with Crippen LogP contribution in [-0.2, 0) is 24.3 Å². The van der Waals surface area contributed by atoms with Crippen molar-refractivity contribution in [3.8, 4) is 0 Å². The quantitative estimate of drug-likeness (QED) is 0.676. The van der Waals surface area contributed by atoms with Crippen LogP contribution in [0.25, 0.3) is 11.0 Å². The van der Waals surface area contributed by atoms with Gasteiger partial charge >= 0.3 is 0 Å². The van der Waals surface area contributed by atoms with Gasteiger partial charge in [0.25, 0.3) is 0 Å². The smallest absolute Gasteiger partial charge is 0.228 e. The fourth-order valence-electron chi connectivity index (χ4n) is 4.28. The van der Waals surface area contributed by atoms with Crippen molar-refractivity contribution in [1.82, 2.24) is 14.5 Å². The Bertz CT molecular complexity index is 976. The first kappa shape index (κ1) is 19.6. The third-order valence-electron chi connectivity index (χ3n) is 5.92. The third-order valence-corrected chi connectivity index (χ3v) is 5.92. The number of nitrogens with one attached hydrogen (secondary N) is 1. The van der Waals surface area contributed by atoms with E-state index in [-0.39, 0.29) is 11.8 Å². The SMILES string of the molecule is CCc1ccc(NC(=O)[C@H]2CCCN(Cc3nc4ccccc4n3CC)C2)cc1. The molecule has 1 saturated heterocycles. The molecule has 1 aliphatic rings. The van der Waals surface area contributed by atoms with Gasteiger partial charge < -0.3 is 9.88 Å². The van der Waals surface area contributed by atoms with Gasteiger partial charge in [0.15, 0.2) is 0 Å². The van der Waals surface area contributed by atoms with Crippen LogP contribution in [0.1, 0.15) is 38.1 Å². The second-order valence-electron chi connectivity index (χ2n) is 7.87. The lowest BCUT2D eigenvalue weighted by Crippen LogP contribution is -2.40. The van der Waals surface area contributed by atoms with Crippen LogP contribution in [-0.4, -0.2) is 33.4 Å². The molecule has 0 bridgehead atoms. The van der Waals surface area contributed by atoms with Gasteiger partial charge in [-0.15, -0.1) is 0 Å². The molecule has 0 radical (unpaired) electrons. The van der Waals surface area contributed by atoms with Gasteiger partial charge in [-0.25, -0.2) is 4.98 Å². The van der Waals surface area contributed by atoms with Gasteiger partial charge in [-0.3, -0.25) is 9.69 Å². The summed E-state index contributed by atoms with van der Waals surface area (Å²) in [5, 5.41) is 3.10. The summed E-state index contributed by atoms with van der Waals surface area (Å²) in [7, 11) is 0. The number of rotatable bonds is 6. The number of carbonyl (C=O) groups excluding carboxylic acids is 1. The molecule has 152 valence electrons. The zero-order valence-electron chi connectivity index (χ0n) is 17.4. The number of piperidine rings is 1. The summed E-state index contributed by atoms with van der Waals surface area (Å²) in [6.45, 7) is 7.79. The van der Waals surface area contributed by atoms with E-state index in [0.717, 1.165) is 62.5 Å². The summed E-state index contributed by atoms with van der Waals surface area (Å²) in [6.07, 6.45) is 2.99. The van der Waals surface area contributed by atoms with Gasteiger partial charge in [-0.05, 0) is 62.6 Å². The highest BCUT2D eigenvalue weighted by Gasteiger charge is 2.27. The van der Waals surface area contributed by atoms with Crippen molar-refractivity contribution in [2.24, 2.45) is 5.92 Å². The molecule has 0 unspecified atom stereocenters. The van der Waals surface area contributed by atoms with Crippen LogP contribution in [0.4, 0.5) is 5.69 Å². The van der Waals surface area contributed by atoms with Gasteiger partial charge in [0.05, 0.1) is 23.5 Å². The predicted octanol–water partition coefficient (Wildman–Crippen LogP) is 4.47. The highest BCUT2D eigenvalue weighted by molar-refractivity contribution is 5.92. The van der Waals surface area contributed by atoms with Crippen LogP contribution in [0.2, 0.25) is 0 Å². The van der Waals surface area contributed by atoms with Gasteiger partial charge in [0.1, 0.15) is 5.82 Å². The Labute approximate surface area is 172 Å². The molecule has 1 N–H and O–H groups in total. The largest absolute Gasteiger partial charge is 0.327 e. The minimum Gasteiger partial charge on any atom is -0.327 e. The zero-order chi connectivity index (χ0) is 20.2. The first-order valence-corrected chi connectivity index (χ1v) is 10.7. The highest BCUT2D eigenvalue weighted by Crippen LogP contribution is 2.23. The Morgan fingerprint density at radius 3 is 2.69 bits per heavy atom. The van der Waals surface area contributed by atoms with Crippen molar-refractivity contribution in [2.45, 2.75) is 46.2 Å². The Morgan fingerprint density at radius 2 is 1.93 bits per heavy atom. The van der Waals surface area contributed by atoms with Crippen LogP contribution in [0.15, 0.2) is 48.5 Å². The Hall–Kier alpha value is -2.66. The molecule has 3 aromatic rings. The number of aromatic nitrogens is 2. The summed E-state index contributed by atoms with van der Waals surface area (Å²) in [4.78, 5) is 20.1. The molecular formula is C24H30N4O. The minimum absolute atomic E-state index is 0.0223. The number of amides is 1. The van der Waals surface area contributed by atoms with Crippen molar-refractivity contribution in [3.63, 3.8) is 0 Å². The molecule has 2 aromatic carbocycles. The normalized spacial score (nSPS) is 17.5. The summed E-state index contributed by atoms with van der Waals surface area (Å²) >= 11 is 0. The number of anilines is 1. The Kier molecular flexibility index (Phi) is 5.95. The predicted molar refractivity (Wildman–Crippen MR) is 118 cm³/mol. The Balaban J connectivity index is 1.42. The second-order valence-corrected chi connectivity index (χ2v) is 7.87. The lowest BCUT2D eigenvalue weighted by atomic mass is 9.97. The van der Waals surface area contributed by atoms with E-state index in [0.29, 0.717) is 0 Å². The van der Waals surface area contributed by atoms with E-state index >= 15 is 0 Å². The number of carbonyl (C=O) groups is 1. The second kappa shape index (κ2) is 8.78. The van der Waals surface area contributed by atoms with Crippen molar-refractivity contribution in [2.75, 3.05) is 18.4 Å². The zero-order valence-corrected chi connectivity index (χ0v) is 17.4. The molecule has 0 saturated carbocycles. The van der Waals surface area contributed by atoms with Crippen LogP contribution >= 0.6 is 0 Å². The third kappa shape index (κ3) is 4.35. The summed E-state index contributed by atoms with van der Waals surface area (Å²) in [5.74, 6) is 1.24. The lowest BCUT2D eigenvalue weighted by Gasteiger charge is -2.31. The number of likely N-dealkylation sites (tertiary alicyclic amines) is 1. The average molecular weight is 391 g/mol. The summed E-state index contributed by atoms with van der Waals surface area (Å²) < 4.78 is 2.29. The van der Waals surface area contributed by atoms with E-state index in [1.54, 1.807) is 0 Å². The lowest BCUT2D eigenvalue weighted by molar-refractivity contribution is -0.121. The van der Waals surface area contributed by atoms with E-state index in [1.165, 1.54) is 11.1 Å². The van der Waals surface area contributed by atoms with E-state index in [4.69, 9.17) is 4.98 Å². The molecule has 1 fully saturated rings. The average Bonchev–Trinajstić information content (AvgIpc) is 3.11. The number of benzene rings is 2. The fourth-order valence-corrected chi connectivity index (χ4v) is 4.28. The van der Waals surface area contributed by atoms with Crippen LogP contribution in [0, 0.1) is 5.92 Å². The van der Waals surface area contributed by atoms with Crippen LogP contribution in [0.3, 0.4) is 0 Å². The highest BCUT2D eigenvalue weighted by atomic mass is 16.1. The molecular weight excluding hydrogens is 360 g/mol. The standard InChI is InChI=1S/C24H30N4O/c1-3-18-11-13-20(14-12-18)25-24(29)19-8-7-15-27(16-19)17-23-26-21-9-5-6-10-22(21)28(23)4-2/h5-6,9-14,19H,3-4,7-8,15-17H2,1-2H3,(H,25,29)/t19-/m0/s1. The first-order chi connectivity index (χ1) is 14.2. The van der Waals surface area contributed by atoms with E-state index in [2.05, 4.69) is 59.0 Å². The summed E-state index contributed by atoms with van der Waals surface area (Å²) in [6, 6.07) is 16.5. The maximum absolute atomic E-state index is 12.8. The van der Waals surface area contributed by atoms with E-state index in [1.807, 2.05) is 18.2 Å². The van der Waals surface area contributed by atoms with Crippen molar-refractivity contribution < 1.29 is 4.79 Å². The number of nitrogens with zero attached hydrogens (tertiary/aromatic N) is 3. The topological polar surface area (TPSA) is 50.2 Å². The number of hydrogen-bond donors (Lipinski definition) is 1. The molecule has 4 rings (SSSR count). The van der Waals surface area contributed by atoms with Crippen molar-refractivity contribution in [1.29, 1.82) is 0 Å². The monoisotopic (exact) mass is 390 g/mol. The van der Waals surface area contributed by atoms with Gasteiger partial charge in [0, 0.05) is 18.8 Å². The van der Waals surface area contributed by atoms with Gasteiger partial charge in [0.2, 0.25) is 5.91 Å². The molecule has 1 amide bonds. The molecule has 1 aromatic heterocycles. The molecule has 5 heteroatoms. The van der Waals surface area contributed by atoms with Crippen molar-refractivity contribution >= 4 is 22.6 Å². The first-order valence-electron chi connectivity index (χ1n) is 10.7. The van der Waals surface area contributed by atoms with Crippen LogP contribution in [0.5, 0.6) is 0 Å². The van der Waals surface area contributed by atoms with E-state index in [9.17, 15) is 4.79 Å². The number of hydrogen-bond acceptors (Lipinski definition) is 3. The number of para-hydroxylation sites is 2. The van der Waals surface area contributed by atoms with E-state index < -0.39 is 0 Å². The Morgan fingerprint density at radius 1 is 1.14 bits per heavy atom. The molecule has 0 aliphatic carbocycles. The molecule has 1 atom stereocenters. The fraction of sp³-hybridized carbons (Fsp3) is 0.417.